The molecule has 2 rings (SSSR count). The Balaban J connectivity index is 1.98. The Labute approximate surface area is 132 Å². The fourth-order valence-corrected chi connectivity index (χ4v) is 2.63. The average Bonchev–Trinajstić information content (AvgIpc) is 2.73. The number of rotatable bonds is 4. The van der Waals surface area contributed by atoms with Crippen LogP contribution in [0.5, 0.6) is 0 Å². The van der Waals surface area contributed by atoms with E-state index in [1.807, 2.05) is 20.8 Å². The van der Waals surface area contributed by atoms with E-state index in [4.69, 9.17) is 0 Å². The van der Waals surface area contributed by atoms with Gasteiger partial charge >= 0.3 is 0 Å². The van der Waals surface area contributed by atoms with Gasteiger partial charge in [0.05, 0.1) is 24.9 Å². The van der Waals surface area contributed by atoms with Gasteiger partial charge in [-0.15, -0.1) is 0 Å². The van der Waals surface area contributed by atoms with Crippen molar-refractivity contribution < 1.29 is 4.79 Å². The molecule has 0 spiro atoms. The summed E-state index contributed by atoms with van der Waals surface area (Å²) in [5.74, 6) is 0.971. The first-order valence-electron chi connectivity index (χ1n) is 7.74. The molecule has 6 heteroatoms. The van der Waals surface area contributed by atoms with Crippen molar-refractivity contribution in [1.29, 1.82) is 5.26 Å². The van der Waals surface area contributed by atoms with E-state index >= 15 is 0 Å². The number of amides is 1. The molecule has 1 aliphatic heterocycles. The summed E-state index contributed by atoms with van der Waals surface area (Å²) in [4.78, 5) is 18.9. The summed E-state index contributed by atoms with van der Waals surface area (Å²) in [6.07, 6.45) is 0. The Morgan fingerprint density at radius 2 is 2.14 bits per heavy atom. The van der Waals surface area contributed by atoms with Crippen LogP contribution in [0.25, 0.3) is 0 Å². The molecule has 0 aliphatic carbocycles. The van der Waals surface area contributed by atoms with Crippen molar-refractivity contribution in [2.24, 2.45) is 5.92 Å². The lowest BCUT2D eigenvalue weighted by molar-refractivity contribution is -0.124. The highest BCUT2D eigenvalue weighted by molar-refractivity contribution is 5.79. The lowest BCUT2D eigenvalue weighted by atomic mass is 9.90. The lowest BCUT2D eigenvalue weighted by Gasteiger charge is -2.31. The molecule has 1 N–H and O–H groups in total. The second-order valence-electron chi connectivity index (χ2n) is 6.58. The zero-order chi connectivity index (χ0) is 16.5. The van der Waals surface area contributed by atoms with E-state index in [0.29, 0.717) is 13.1 Å². The van der Waals surface area contributed by atoms with Gasteiger partial charge in [-0.25, -0.2) is 4.98 Å². The molecule has 2 heterocycles. The molecule has 1 atom stereocenters. The number of imidazole rings is 1. The number of nitrogens with zero attached hydrogens (tertiary/aromatic N) is 4. The zero-order valence-electron chi connectivity index (χ0n) is 14.1. The quantitative estimate of drug-likeness (QED) is 0.911. The van der Waals surface area contributed by atoms with Gasteiger partial charge in [0.15, 0.2) is 0 Å². The second kappa shape index (κ2) is 6.09. The van der Waals surface area contributed by atoms with Crippen molar-refractivity contribution in [3.8, 4) is 6.07 Å². The van der Waals surface area contributed by atoms with Crippen molar-refractivity contribution in [3.05, 3.63) is 17.2 Å². The minimum Gasteiger partial charge on any atom is -0.337 e. The molecule has 0 aromatic carbocycles. The van der Waals surface area contributed by atoms with Crippen LogP contribution in [-0.4, -0.2) is 39.0 Å². The summed E-state index contributed by atoms with van der Waals surface area (Å²) in [6.45, 7) is 12.4. The van der Waals surface area contributed by atoms with E-state index in [9.17, 15) is 10.1 Å². The molecule has 1 aromatic heterocycles. The summed E-state index contributed by atoms with van der Waals surface area (Å²) in [6, 6.07) is 2.21. The molecule has 0 bridgehead atoms. The van der Waals surface area contributed by atoms with Gasteiger partial charge in [0.2, 0.25) is 5.91 Å². The molecule has 0 fully saturated rings. The smallest absolute Gasteiger partial charge is 0.235 e. The van der Waals surface area contributed by atoms with Gasteiger partial charge in [-0.1, -0.05) is 13.8 Å². The second-order valence-corrected chi connectivity index (χ2v) is 6.58. The number of nitrogens with one attached hydrogen (secondary N) is 1. The minimum atomic E-state index is -0.821. The molecule has 22 heavy (non-hydrogen) atoms. The van der Waals surface area contributed by atoms with Crippen LogP contribution in [0.4, 0.5) is 0 Å². The Hall–Kier alpha value is -1.87. The number of aryl methyl sites for hydroxylation is 1. The summed E-state index contributed by atoms with van der Waals surface area (Å²) >= 11 is 0. The van der Waals surface area contributed by atoms with Gasteiger partial charge in [-0.2, -0.15) is 5.26 Å². The van der Waals surface area contributed by atoms with Crippen LogP contribution in [0.3, 0.4) is 0 Å². The molecule has 0 radical (unpaired) electrons. The van der Waals surface area contributed by atoms with E-state index in [1.165, 1.54) is 5.69 Å². The van der Waals surface area contributed by atoms with E-state index in [0.717, 1.165) is 24.6 Å². The predicted molar refractivity (Wildman–Crippen MR) is 84.0 cm³/mol. The highest BCUT2D eigenvalue weighted by Gasteiger charge is 2.31. The van der Waals surface area contributed by atoms with E-state index in [-0.39, 0.29) is 11.8 Å². The van der Waals surface area contributed by atoms with E-state index in [2.05, 4.69) is 32.8 Å². The predicted octanol–water partition coefficient (Wildman–Crippen LogP) is 1.37. The first kappa shape index (κ1) is 16.5. The van der Waals surface area contributed by atoms with Crippen LogP contribution < -0.4 is 5.32 Å². The van der Waals surface area contributed by atoms with Gasteiger partial charge in [-0.3, -0.25) is 9.69 Å². The third kappa shape index (κ3) is 3.14. The average molecular weight is 303 g/mol. The first-order chi connectivity index (χ1) is 10.3. The molecular weight excluding hydrogens is 278 g/mol. The summed E-state index contributed by atoms with van der Waals surface area (Å²) in [7, 11) is 0. The van der Waals surface area contributed by atoms with Crippen LogP contribution in [0.15, 0.2) is 0 Å². The van der Waals surface area contributed by atoms with Gasteiger partial charge < -0.3 is 9.88 Å². The molecule has 6 nitrogen and oxygen atoms in total. The molecular formula is C16H25N5O. The van der Waals surface area contributed by atoms with Crippen LogP contribution in [0.2, 0.25) is 0 Å². The highest BCUT2D eigenvalue weighted by Crippen LogP contribution is 2.18. The summed E-state index contributed by atoms with van der Waals surface area (Å²) in [5, 5.41) is 12.1. The van der Waals surface area contributed by atoms with Crippen LogP contribution >= 0.6 is 0 Å². The van der Waals surface area contributed by atoms with Crippen molar-refractivity contribution in [2.75, 3.05) is 13.1 Å². The van der Waals surface area contributed by atoms with Crippen LogP contribution in [0, 0.1) is 31.1 Å². The number of nitriles is 1. The Bertz CT molecular complexity index is 613. The Kier molecular flexibility index (Phi) is 4.57. The lowest BCUT2D eigenvalue weighted by Crippen LogP contribution is -2.52. The van der Waals surface area contributed by atoms with Crippen LogP contribution in [-0.2, 0) is 17.9 Å². The number of hydrogen-bond acceptors (Lipinski definition) is 4. The van der Waals surface area contributed by atoms with E-state index in [1.54, 1.807) is 6.92 Å². The largest absolute Gasteiger partial charge is 0.337 e. The summed E-state index contributed by atoms with van der Waals surface area (Å²) in [5.41, 5.74) is 1.44. The molecule has 1 aliphatic rings. The minimum absolute atomic E-state index is 0.0620. The Morgan fingerprint density at radius 1 is 1.45 bits per heavy atom. The SMILES string of the molecule is Cc1nc2n(c1C)CCN(CC(=O)N[C@](C)(C#N)C(C)C)C2. The van der Waals surface area contributed by atoms with Gasteiger partial charge in [-0.05, 0) is 26.7 Å². The van der Waals surface area contributed by atoms with Gasteiger partial charge in [0.1, 0.15) is 11.4 Å². The molecule has 0 saturated carbocycles. The topological polar surface area (TPSA) is 74.0 Å². The maximum Gasteiger partial charge on any atom is 0.235 e. The monoisotopic (exact) mass is 303 g/mol. The first-order valence-corrected chi connectivity index (χ1v) is 7.74. The van der Waals surface area contributed by atoms with Crippen molar-refractivity contribution in [2.45, 2.75) is 53.2 Å². The number of carbonyl (C=O) groups excluding carboxylic acids is 1. The third-order valence-electron chi connectivity index (χ3n) is 4.69. The fraction of sp³-hybridized carbons (Fsp3) is 0.688. The standard InChI is InChI=1S/C16H25N5O/c1-11(2)16(5,10-17)19-15(22)9-20-6-7-21-13(4)12(3)18-14(21)8-20/h11H,6-9H2,1-5H3,(H,19,22)/t16-/m1/s1. The third-order valence-corrected chi connectivity index (χ3v) is 4.69. The molecule has 1 amide bonds. The van der Waals surface area contributed by atoms with Crippen molar-refractivity contribution >= 4 is 5.91 Å². The highest BCUT2D eigenvalue weighted by atomic mass is 16.2. The maximum atomic E-state index is 12.2. The summed E-state index contributed by atoms with van der Waals surface area (Å²) < 4.78 is 2.22. The molecule has 0 saturated heterocycles. The fourth-order valence-electron chi connectivity index (χ4n) is 2.63. The van der Waals surface area contributed by atoms with Gasteiger partial charge in [0, 0.05) is 18.8 Å². The normalized spacial score (nSPS) is 17.7. The number of aromatic nitrogens is 2. The Morgan fingerprint density at radius 3 is 2.73 bits per heavy atom. The number of hydrogen-bond donors (Lipinski definition) is 1. The van der Waals surface area contributed by atoms with Crippen molar-refractivity contribution in [3.63, 3.8) is 0 Å². The van der Waals surface area contributed by atoms with Crippen LogP contribution in [0.1, 0.15) is 38.0 Å². The van der Waals surface area contributed by atoms with E-state index < -0.39 is 5.54 Å². The molecule has 1 aromatic rings. The molecule has 0 unspecified atom stereocenters. The number of carbonyl (C=O) groups is 1. The van der Waals surface area contributed by atoms with Crippen molar-refractivity contribution in [1.82, 2.24) is 19.8 Å². The zero-order valence-corrected chi connectivity index (χ0v) is 14.1. The van der Waals surface area contributed by atoms with Gasteiger partial charge in [0.25, 0.3) is 0 Å². The molecule has 120 valence electrons. The maximum absolute atomic E-state index is 12.2. The number of fused-ring (bicyclic) bond motifs is 1.